The van der Waals surface area contributed by atoms with E-state index in [2.05, 4.69) is 10.3 Å². The molecule has 0 saturated heterocycles. The molecule has 0 fully saturated rings. The van der Waals surface area contributed by atoms with Gasteiger partial charge >= 0.3 is 0 Å². The number of benzene rings is 1. The smallest absolute Gasteiger partial charge is 0.293 e. The number of aliphatic hydroxyl groups excluding tert-OH is 1. The molecule has 0 saturated carbocycles. The zero-order valence-electron chi connectivity index (χ0n) is 14.7. The van der Waals surface area contributed by atoms with Gasteiger partial charge in [-0.3, -0.25) is 14.9 Å². The van der Waals surface area contributed by atoms with Gasteiger partial charge < -0.3 is 15.0 Å². The van der Waals surface area contributed by atoms with E-state index in [1.54, 1.807) is 17.8 Å². The number of aryl methyl sites for hydroxylation is 1. The summed E-state index contributed by atoms with van der Waals surface area (Å²) >= 11 is 0. The SMILES string of the molecule is Cn1ccnc1C(=O)c1ccc(N[C@H](CO)C(C)(C)C)c([N+](=O)[O-])c1. The van der Waals surface area contributed by atoms with E-state index in [1.807, 2.05) is 20.8 Å². The van der Waals surface area contributed by atoms with Gasteiger partial charge in [0.15, 0.2) is 5.82 Å². The van der Waals surface area contributed by atoms with Crippen LogP contribution in [0.1, 0.15) is 37.0 Å². The Balaban J connectivity index is 2.40. The molecule has 8 heteroatoms. The van der Waals surface area contributed by atoms with E-state index >= 15 is 0 Å². The van der Waals surface area contributed by atoms with Crippen molar-refractivity contribution in [3.8, 4) is 0 Å². The van der Waals surface area contributed by atoms with Gasteiger partial charge in [0.2, 0.25) is 5.78 Å². The summed E-state index contributed by atoms with van der Waals surface area (Å²) in [6.45, 7) is 5.59. The van der Waals surface area contributed by atoms with E-state index in [0.717, 1.165) is 0 Å². The summed E-state index contributed by atoms with van der Waals surface area (Å²) in [4.78, 5) is 27.4. The highest BCUT2D eigenvalue weighted by atomic mass is 16.6. The maximum absolute atomic E-state index is 12.5. The Morgan fingerprint density at radius 3 is 2.60 bits per heavy atom. The highest BCUT2D eigenvalue weighted by molar-refractivity contribution is 6.07. The fourth-order valence-corrected chi connectivity index (χ4v) is 2.38. The van der Waals surface area contributed by atoms with Crippen molar-refractivity contribution in [2.45, 2.75) is 26.8 Å². The zero-order chi connectivity index (χ0) is 18.8. The molecule has 0 aliphatic rings. The van der Waals surface area contributed by atoms with Crippen LogP contribution in [0.2, 0.25) is 0 Å². The van der Waals surface area contributed by atoms with Crippen LogP contribution in [0.15, 0.2) is 30.6 Å². The van der Waals surface area contributed by atoms with Crippen LogP contribution in [0.5, 0.6) is 0 Å². The maximum atomic E-state index is 12.5. The van der Waals surface area contributed by atoms with Gasteiger partial charge in [-0.15, -0.1) is 0 Å². The Morgan fingerprint density at radius 2 is 2.12 bits per heavy atom. The van der Waals surface area contributed by atoms with Crippen LogP contribution >= 0.6 is 0 Å². The Morgan fingerprint density at radius 1 is 1.44 bits per heavy atom. The number of hydrogen-bond acceptors (Lipinski definition) is 6. The number of aliphatic hydroxyl groups is 1. The lowest BCUT2D eigenvalue weighted by Gasteiger charge is -2.30. The van der Waals surface area contributed by atoms with Crippen LogP contribution in [-0.2, 0) is 7.05 Å². The van der Waals surface area contributed by atoms with E-state index in [1.165, 1.54) is 24.4 Å². The summed E-state index contributed by atoms with van der Waals surface area (Å²) in [5, 5.41) is 24.0. The topological polar surface area (TPSA) is 110 Å². The summed E-state index contributed by atoms with van der Waals surface area (Å²) in [7, 11) is 1.68. The number of nitrogens with zero attached hydrogens (tertiary/aromatic N) is 3. The van der Waals surface area contributed by atoms with Crippen molar-refractivity contribution in [3.63, 3.8) is 0 Å². The first-order valence-electron chi connectivity index (χ1n) is 7.83. The van der Waals surface area contributed by atoms with E-state index in [-0.39, 0.29) is 40.8 Å². The largest absolute Gasteiger partial charge is 0.394 e. The normalized spacial score (nSPS) is 12.7. The minimum Gasteiger partial charge on any atom is -0.394 e. The van der Waals surface area contributed by atoms with Crippen LogP contribution in [0, 0.1) is 15.5 Å². The number of anilines is 1. The Labute approximate surface area is 145 Å². The average molecular weight is 346 g/mol. The summed E-state index contributed by atoms with van der Waals surface area (Å²) in [5.41, 5.74) is -0.0784. The van der Waals surface area contributed by atoms with Crippen LogP contribution in [0.4, 0.5) is 11.4 Å². The van der Waals surface area contributed by atoms with Crippen LogP contribution < -0.4 is 5.32 Å². The van der Waals surface area contributed by atoms with Crippen LogP contribution in [0.3, 0.4) is 0 Å². The van der Waals surface area contributed by atoms with Crippen molar-refractivity contribution in [3.05, 3.63) is 52.1 Å². The molecule has 25 heavy (non-hydrogen) atoms. The highest BCUT2D eigenvalue weighted by Crippen LogP contribution is 2.30. The summed E-state index contributed by atoms with van der Waals surface area (Å²) in [5.74, 6) is -0.186. The number of imidazole rings is 1. The summed E-state index contributed by atoms with van der Waals surface area (Å²) < 4.78 is 1.56. The molecular formula is C17H22N4O4. The van der Waals surface area contributed by atoms with Crippen LogP contribution in [-0.4, -0.2) is 38.0 Å². The number of aromatic nitrogens is 2. The molecular weight excluding hydrogens is 324 g/mol. The number of nitro groups is 1. The van der Waals surface area contributed by atoms with Crippen molar-refractivity contribution in [1.29, 1.82) is 0 Å². The molecule has 0 unspecified atom stereocenters. The summed E-state index contributed by atoms with van der Waals surface area (Å²) in [6, 6.07) is 3.87. The van der Waals surface area contributed by atoms with E-state index in [9.17, 15) is 20.0 Å². The van der Waals surface area contributed by atoms with Gasteiger partial charge in [0.25, 0.3) is 5.69 Å². The van der Waals surface area contributed by atoms with E-state index in [0.29, 0.717) is 0 Å². The Hall–Kier alpha value is -2.74. The molecule has 0 amide bonds. The second-order valence-electron chi connectivity index (χ2n) is 6.93. The average Bonchev–Trinajstić information content (AvgIpc) is 2.96. The number of nitrogens with one attached hydrogen (secondary N) is 1. The van der Waals surface area contributed by atoms with Gasteiger partial charge in [0.1, 0.15) is 5.69 Å². The van der Waals surface area contributed by atoms with Gasteiger partial charge in [-0.05, 0) is 17.5 Å². The first-order chi connectivity index (χ1) is 11.6. The maximum Gasteiger partial charge on any atom is 0.293 e. The molecule has 134 valence electrons. The molecule has 2 aromatic rings. The van der Waals surface area contributed by atoms with Crippen molar-refractivity contribution in [2.24, 2.45) is 12.5 Å². The number of carbonyl (C=O) groups excluding carboxylic acids is 1. The third-order valence-electron chi connectivity index (χ3n) is 4.04. The number of ketones is 1. The molecule has 0 aliphatic heterocycles. The Kier molecular flexibility index (Phi) is 5.22. The number of carbonyl (C=O) groups is 1. The fraction of sp³-hybridized carbons (Fsp3) is 0.412. The van der Waals surface area contributed by atoms with E-state index in [4.69, 9.17) is 0 Å². The molecule has 1 aromatic heterocycles. The third-order valence-corrected chi connectivity index (χ3v) is 4.04. The van der Waals surface area contributed by atoms with Crippen molar-refractivity contribution in [2.75, 3.05) is 11.9 Å². The van der Waals surface area contributed by atoms with Gasteiger partial charge in [-0.25, -0.2) is 4.98 Å². The Bertz CT molecular complexity index is 792. The van der Waals surface area contributed by atoms with Crippen molar-refractivity contribution < 1.29 is 14.8 Å². The van der Waals surface area contributed by atoms with E-state index < -0.39 is 10.7 Å². The lowest BCUT2D eigenvalue weighted by molar-refractivity contribution is -0.384. The molecule has 1 aromatic carbocycles. The molecule has 0 aliphatic carbocycles. The molecule has 2 rings (SSSR count). The monoisotopic (exact) mass is 346 g/mol. The zero-order valence-corrected chi connectivity index (χ0v) is 14.7. The number of nitro benzene ring substituents is 1. The second kappa shape index (κ2) is 7.02. The minimum absolute atomic E-state index is 0.172. The summed E-state index contributed by atoms with van der Waals surface area (Å²) in [6.07, 6.45) is 3.12. The predicted octanol–water partition coefficient (Wildman–Crippen LogP) is 2.38. The van der Waals surface area contributed by atoms with Gasteiger partial charge in [-0.1, -0.05) is 20.8 Å². The standard InChI is InChI=1S/C17H22N4O4/c1-17(2,3)14(10-22)19-12-6-5-11(9-13(12)21(24)25)15(23)16-18-7-8-20(16)4/h5-9,14,19,22H,10H2,1-4H3/t14-/m1/s1. The first kappa shape index (κ1) is 18.6. The predicted molar refractivity (Wildman–Crippen MR) is 93.7 cm³/mol. The molecule has 1 atom stereocenters. The highest BCUT2D eigenvalue weighted by Gasteiger charge is 2.27. The van der Waals surface area contributed by atoms with Gasteiger partial charge in [-0.2, -0.15) is 0 Å². The fourth-order valence-electron chi connectivity index (χ4n) is 2.38. The second-order valence-corrected chi connectivity index (χ2v) is 6.93. The number of rotatable bonds is 6. The van der Waals surface area contributed by atoms with Crippen molar-refractivity contribution >= 4 is 17.2 Å². The molecule has 1 heterocycles. The number of hydrogen-bond donors (Lipinski definition) is 2. The lowest BCUT2D eigenvalue weighted by Crippen LogP contribution is -2.37. The molecule has 0 spiro atoms. The van der Waals surface area contributed by atoms with Crippen LogP contribution in [0.25, 0.3) is 0 Å². The third kappa shape index (κ3) is 4.03. The van der Waals surface area contributed by atoms with Crippen molar-refractivity contribution in [1.82, 2.24) is 9.55 Å². The first-order valence-corrected chi connectivity index (χ1v) is 7.83. The minimum atomic E-state index is -0.547. The molecule has 0 radical (unpaired) electrons. The molecule has 0 bridgehead atoms. The van der Waals surface area contributed by atoms with Gasteiger partial charge in [0.05, 0.1) is 17.6 Å². The molecule has 2 N–H and O–H groups in total. The quantitative estimate of drug-likeness (QED) is 0.472. The lowest BCUT2D eigenvalue weighted by atomic mass is 9.87. The molecule has 8 nitrogen and oxygen atoms in total. The van der Waals surface area contributed by atoms with Gasteiger partial charge in [0, 0.05) is 31.1 Å².